The van der Waals surface area contributed by atoms with Gasteiger partial charge >= 0.3 is 5.97 Å². The molecule has 0 radical (unpaired) electrons. The lowest BCUT2D eigenvalue weighted by Gasteiger charge is -2.36. The molecule has 0 bridgehead atoms. The van der Waals surface area contributed by atoms with Crippen LogP contribution in [-0.4, -0.2) is 42.2 Å². The number of esters is 1. The molecule has 2 heterocycles. The van der Waals surface area contributed by atoms with Crippen LogP contribution in [0.4, 0.5) is 0 Å². The first-order valence-corrected chi connectivity index (χ1v) is 10.4. The third-order valence-electron chi connectivity index (χ3n) is 5.12. The molecule has 1 aromatic rings. The Kier molecular flexibility index (Phi) is 5.36. The Morgan fingerprint density at radius 3 is 2.72 bits per heavy atom. The smallest absolute Gasteiger partial charge is 0.338 e. The molecule has 1 unspecified atom stereocenters. The van der Waals surface area contributed by atoms with Gasteiger partial charge < -0.3 is 19.7 Å². The van der Waals surface area contributed by atoms with Gasteiger partial charge in [0.25, 0.3) is 0 Å². The third-order valence-corrected chi connectivity index (χ3v) is 6.01. The Labute approximate surface area is 173 Å². The van der Waals surface area contributed by atoms with Gasteiger partial charge in [-0.2, -0.15) is 0 Å². The molecule has 1 atom stereocenters. The number of fused-ring (bicyclic) bond motifs is 1. The second-order valence-corrected chi connectivity index (χ2v) is 7.98. The zero-order valence-corrected chi connectivity index (χ0v) is 17.4. The van der Waals surface area contributed by atoms with Gasteiger partial charge in [-0.15, -0.1) is 0 Å². The zero-order valence-electron chi connectivity index (χ0n) is 16.6. The van der Waals surface area contributed by atoms with E-state index in [2.05, 4.69) is 10.3 Å². The number of hydrogen-bond donors (Lipinski definition) is 1. The highest BCUT2D eigenvalue weighted by Gasteiger charge is 2.42. The van der Waals surface area contributed by atoms with Crippen molar-refractivity contribution in [1.82, 2.24) is 10.2 Å². The standard InChI is InChI=1S/C21H23N3O4S/c1-12-18(20(26)28-3)19(15-6-4-5-7-16(15)27-2)24-14(11-29-21(24)22-12)10-17(25)23-13-8-9-13/h4-7,11,13,19H,8-10H2,1-3H3,(H,23,25). The lowest BCUT2D eigenvalue weighted by Crippen LogP contribution is -2.38. The molecule has 4 rings (SSSR count). The molecule has 0 aromatic heterocycles. The van der Waals surface area contributed by atoms with Crippen LogP contribution in [0.15, 0.2) is 51.6 Å². The fraction of sp³-hybridized carbons (Fsp3) is 0.381. The molecule has 1 amide bonds. The number of carbonyl (C=O) groups excluding carboxylic acids is 2. The van der Waals surface area contributed by atoms with Crippen molar-refractivity contribution >= 4 is 28.8 Å². The molecule has 7 nitrogen and oxygen atoms in total. The second kappa shape index (κ2) is 7.94. The molecule has 29 heavy (non-hydrogen) atoms. The van der Waals surface area contributed by atoms with Crippen molar-refractivity contribution in [2.24, 2.45) is 4.99 Å². The summed E-state index contributed by atoms with van der Waals surface area (Å²) in [6.45, 7) is 1.80. The molecule has 2 aliphatic heterocycles. The number of thioether (sulfide) groups is 1. The lowest BCUT2D eigenvalue weighted by molar-refractivity contribution is -0.136. The van der Waals surface area contributed by atoms with Crippen molar-refractivity contribution in [2.75, 3.05) is 14.2 Å². The SMILES string of the molecule is COC(=O)C1=C(C)N=C2SC=C(CC(=O)NC3CC3)N2C1c1ccccc1OC. The van der Waals surface area contributed by atoms with Crippen LogP contribution in [-0.2, 0) is 14.3 Å². The quantitative estimate of drug-likeness (QED) is 0.722. The predicted molar refractivity (Wildman–Crippen MR) is 111 cm³/mol. The Balaban J connectivity index is 1.75. The molecule has 3 aliphatic rings. The minimum absolute atomic E-state index is 0.0229. The van der Waals surface area contributed by atoms with Crippen molar-refractivity contribution in [2.45, 2.75) is 38.3 Å². The highest BCUT2D eigenvalue weighted by molar-refractivity contribution is 8.16. The van der Waals surface area contributed by atoms with Crippen molar-refractivity contribution in [1.29, 1.82) is 0 Å². The molecular formula is C21H23N3O4S. The molecule has 1 fully saturated rings. The first kappa shape index (κ1) is 19.6. The van der Waals surface area contributed by atoms with E-state index in [1.54, 1.807) is 14.0 Å². The molecular weight excluding hydrogens is 390 g/mol. The van der Waals surface area contributed by atoms with E-state index in [4.69, 9.17) is 9.47 Å². The number of amidine groups is 1. The third kappa shape index (κ3) is 3.76. The van der Waals surface area contributed by atoms with Gasteiger partial charge in [0.2, 0.25) is 5.91 Å². The number of ether oxygens (including phenoxy) is 2. The monoisotopic (exact) mass is 413 g/mol. The summed E-state index contributed by atoms with van der Waals surface area (Å²) < 4.78 is 10.6. The highest BCUT2D eigenvalue weighted by Crippen LogP contribution is 2.46. The lowest BCUT2D eigenvalue weighted by atomic mass is 9.93. The summed E-state index contributed by atoms with van der Waals surface area (Å²) in [6.07, 6.45) is 2.30. The van der Waals surface area contributed by atoms with Crippen molar-refractivity contribution in [3.63, 3.8) is 0 Å². The van der Waals surface area contributed by atoms with Crippen molar-refractivity contribution < 1.29 is 19.1 Å². The molecule has 152 valence electrons. The zero-order chi connectivity index (χ0) is 20.5. The van der Waals surface area contributed by atoms with Crippen LogP contribution in [0, 0.1) is 0 Å². The minimum Gasteiger partial charge on any atom is -0.496 e. The van der Waals surface area contributed by atoms with E-state index in [1.165, 1.54) is 18.9 Å². The molecule has 1 aliphatic carbocycles. The van der Waals surface area contributed by atoms with Gasteiger partial charge in [0.05, 0.1) is 38.0 Å². The molecule has 0 spiro atoms. The normalized spacial score (nSPS) is 20.7. The number of methoxy groups -OCH3 is 2. The summed E-state index contributed by atoms with van der Waals surface area (Å²) in [6, 6.07) is 7.38. The molecule has 8 heteroatoms. The summed E-state index contributed by atoms with van der Waals surface area (Å²) in [7, 11) is 2.96. The van der Waals surface area contributed by atoms with Crippen molar-refractivity contribution in [3.8, 4) is 5.75 Å². The molecule has 0 saturated heterocycles. The van der Waals surface area contributed by atoms with E-state index in [9.17, 15) is 9.59 Å². The largest absolute Gasteiger partial charge is 0.496 e. The van der Waals surface area contributed by atoms with Crippen LogP contribution in [0.25, 0.3) is 0 Å². The number of nitrogens with one attached hydrogen (secondary N) is 1. The number of benzene rings is 1. The first-order chi connectivity index (χ1) is 14.0. The van der Waals surface area contributed by atoms with E-state index >= 15 is 0 Å². The van der Waals surface area contributed by atoms with Crippen LogP contribution in [0.2, 0.25) is 0 Å². The number of rotatable bonds is 6. The molecule has 1 N–H and O–H groups in total. The van der Waals surface area contributed by atoms with Crippen molar-refractivity contribution in [3.05, 3.63) is 52.2 Å². The van der Waals surface area contributed by atoms with Gasteiger partial charge in [-0.05, 0) is 31.2 Å². The van der Waals surface area contributed by atoms with E-state index in [0.29, 0.717) is 23.1 Å². The highest BCUT2D eigenvalue weighted by atomic mass is 32.2. The van der Waals surface area contributed by atoms with Gasteiger partial charge in [0.15, 0.2) is 5.17 Å². The van der Waals surface area contributed by atoms with E-state index < -0.39 is 12.0 Å². The van der Waals surface area contributed by atoms with Gasteiger partial charge in [-0.1, -0.05) is 30.0 Å². The number of para-hydroxylation sites is 1. The van der Waals surface area contributed by atoms with Gasteiger partial charge in [0, 0.05) is 17.3 Å². The van der Waals surface area contributed by atoms with Crippen LogP contribution >= 0.6 is 11.8 Å². The number of allylic oxidation sites excluding steroid dienone is 1. The van der Waals surface area contributed by atoms with Crippen LogP contribution in [0.3, 0.4) is 0 Å². The number of nitrogens with zero attached hydrogens (tertiary/aromatic N) is 2. The minimum atomic E-state index is -0.485. The molecule has 1 aromatic carbocycles. The fourth-order valence-corrected chi connectivity index (χ4v) is 4.56. The summed E-state index contributed by atoms with van der Waals surface area (Å²) in [5.41, 5.74) is 2.66. The maximum atomic E-state index is 12.7. The number of amides is 1. The van der Waals surface area contributed by atoms with E-state index in [1.807, 2.05) is 34.6 Å². The Hall–Kier alpha value is -2.74. The van der Waals surface area contributed by atoms with E-state index in [0.717, 1.165) is 29.3 Å². The van der Waals surface area contributed by atoms with Crippen LogP contribution in [0.1, 0.15) is 37.8 Å². The Morgan fingerprint density at radius 1 is 1.28 bits per heavy atom. The van der Waals surface area contributed by atoms with Gasteiger partial charge in [0.1, 0.15) is 5.75 Å². The topological polar surface area (TPSA) is 80.2 Å². The summed E-state index contributed by atoms with van der Waals surface area (Å²) in [5, 5.41) is 5.69. The maximum Gasteiger partial charge on any atom is 0.338 e. The van der Waals surface area contributed by atoms with E-state index in [-0.39, 0.29) is 12.3 Å². The van der Waals surface area contributed by atoms with Crippen LogP contribution in [0.5, 0.6) is 5.75 Å². The average Bonchev–Trinajstić information content (AvgIpc) is 3.45. The predicted octanol–water partition coefficient (Wildman–Crippen LogP) is 3.11. The molecule has 1 saturated carbocycles. The second-order valence-electron chi connectivity index (χ2n) is 7.15. The summed E-state index contributed by atoms with van der Waals surface area (Å²) in [5.74, 6) is 0.191. The number of hydrogen-bond acceptors (Lipinski definition) is 7. The number of carbonyl (C=O) groups is 2. The van der Waals surface area contributed by atoms with Gasteiger partial charge in [-0.25, -0.2) is 9.79 Å². The average molecular weight is 413 g/mol. The van der Waals surface area contributed by atoms with Gasteiger partial charge in [-0.3, -0.25) is 4.79 Å². The fourth-order valence-electron chi connectivity index (χ4n) is 3.60. The summed E-state index contributed by atoms with van der Waals surface area (Å²) >= 11 is 1.45. The number of aliphatic imine (C=N–C) groups is 1. The maximum absolute atomic E-state index is 12.7. The summed E-state index contributed by atoms with van der Waals surface area (Å²) in [4.78, 5) is 31.7. The Morgan fingerprint density at radius 2 is 2.03 bits per heavy atom. The van der Waals surface area contributed by atoms with Crippen LogP contribution < -0.4 is 10.1 Å². The Bertz CT molecular complexity index is 949. The first-order valence-electron chi connectivity index (χ1n) is 9.48.